The first-order chi connectivity index (χ1) is 23.7. The van der Waals surface area contributed by atoms with E-state index in [4.69, 9.17) is 29.9 Å². The van der Waals surface area contributed by atoms with Crippen LogP contribution >= 0.6 is 35.3 Å². The van der Waals surface area contributed by atoms with Gasteiger partial charge in [-0.05, 0) is 136 Å². The number of thioether (sulfide) groups is 3. The lowest BCUT2D eigenvalue weighted by molar-refractivity contribution is 0.426. The van der Waals surface area contributed by atoms with Gasteiger partial charge >= 0.3 is 0 Å². The second-order valence-electron chi connectivity index (χ2n) is 17.0. The Labute approximate surface area is 316 Å². The normalized spacial score (nSPS) is 22.0. The van der Waals surface area contributed by atoms with E-state index in [1.807, 2.05) is 72.5 Å². The first kappa shape index (κ1) is 36.1. The first-order valence-corrected chi connectivity index (χ1v) is 20.0. The maximum absolute atomic E-state index is 5.14. The minimum atomic E-state index is -0.176. The van der Waals surface area contributed by atoms with Gasteiger partial charge in [-0.3, -0.25) is 29.9 Å². The molecule has 0 spiro atoms. The molecule has 0 saturated carbocycles. The van der Waals surface area contributed by atoms with Crippen LogP contribution in [0.15, 0.2) is 88.6 Å². The van der Waals surface area contributed by atoms with Crippen LogP contribution in [0.2, 0.25) is 0 Å². The molecule has 1 aromatic carbocycles. The molecule has 7 rings (SSSR count). The highest BCUT2D eigenvalue weighted by atomic mass is 32.2. The summed E-state index contributed by atoms with van der Waals surface area (Å²) in [5.41, 5.74) is 8.91. The Morgan fingerprint density at radius 2 is 0.529 bits per heavy atom. The molecule has 4 aromatic rings. The van der Waals surface area contributed by atoms with Crippen LogP contribution in [-0.4, -0.2) is 60.9 Å². The molecule has 0 amide bonds. The molecule has 3 aromatic heterocycles. The van der Waals surface area contributed by atoms with Crippen molar-refractivity contribution in [3.8, 4) is 33.4 Å². The Morgan fingerprint density at radius 3 is 0.745 bits per heavy atom. The van der Waals surface area contributed by atoms with Crippen molar-refractivity contribution >= 4 is 50.4 Å². The molecule has 0 N–H and O–H groups in total. The largest absolute Gasteiger partial charge is 0.270 e. The second kappa shape index (κ2) is 12.1. The number of benzene rings is 1. The van der Waals surface area contributed by atoms with E-state index < -0.39 is 0 Å². The zero-order valence-corrected chi connectivity index (χ0v) is 34.3. The van der Waals surface area contributed by atoms with Crippen molar-refractivity contribution in [1.82, 2.24) is 15.0 Å². The van der Waals surface area contributed by atoms with Gasteiger partial charge in [-0.15, -0.1) is 0 Å². The third-order valence-electron chi connectivity index (χ3n) is 11.5. The lowest BCUT2D eigenvalue weighted by atomic mass is 9.90. The van der Waals surface area contributed by atoms with Crippen LogP contribution in [0.3, 0.4) is 0 Å². The lowest BCUT2D eigenvalue weighted by Gasteiger charge is -2.30. The molecule has 51 heavy (non-hydrogen) atoms. The monoisotopic (exact) mass is 732 g/mol. The van der Waals surface area contributed by atoms with Crippen molar-refractivity contribution < 1.29 is 0 Å². The predicted octanol–water partition coefficient (Wildman–Crippen LogP) is 11.0. The van der Waals surface area contributed by atoms with Crippen molar-refractivity contribution in [1.29, 1.82) is 0 Å². The third-order valence-corrected chi connectivity index (χ3v) is 16.1. The molecule has 0 atom stereocenters. The van der Waals surface area contributed by atoms with E-state index in [2.05, 4.69) is 119 Å². The average molecular weight is 733 g/mol. The Kier molecular flexibility index (Phi) is 8.59. The summed E-state index contributed by atoms with van der Waals surface area (Å²) in [7, 11) is 0. The number of nitrogens with zero attached hydrogens (tertiary/aromatic N) is 6. The zero-order chi connectivity index (χ0) is 36.8. The van der Waals surface area contributed by atoms with E-state index in [0.717, 1.165) is 65.2 Å². The van der Waals surface area contributed by atoms with Crippen LogP contribution in [0.5, 0.6) is 0 Å². The quantitative estimate of drug-likeness (QED) is 0.196. The molecule has 9 heteroatoms. The maximum Gasteiger partial charge on any atom is 0.101 e. The Hall–Kier alpha value is -3.27. The minimum Gasteiger partial charge on any atom is -0.270 e. The molecule has 6 heterocycles. The molecule has 6 nitrogen and oxygen atoms in total. The molecular formula is C42H48N6S3. The second-order valence-corrected chi connectivity index (χ2v) is 21.8. The topological polar surface area (TPSA) is 75.8 Å². The molecule has 0 saturated heterocycles. The standard InChI is InChI=1S/C42H48N6S3/c1-37(2)40(7,8)49-34(46-37)31-16-28(19-43-22-31)25-13-26(29-17-32(23-44-20-29)35-47-38(3,4)41(9,10)50-35)15-27(14-25)30-18-33(24-45-21-30)36-48-39(5,6)42(11,12)51-36/h13-24H,1-12H3. The Bertz CT molecular complexity index is 1900. The lowest BCUT2D eigenvalue weighted by Crippen LogP contribution is -2.36. The van der Waals surface area contributed by atoms with Gasteiger partial charge in [0, 0.05) is 84.8 Å². The average Bonchev–Trinajstić information content (AvgIpc) is 3.54. The summed E-state index contributed by atoms with van der Waals surface area (Å²) in [5, 5.41) is 3.10. The van der Waals surface area contributed by atoms with Gasteiger partial charge in [0.25, 0.3) is 0 Å². The van der Waals surface area contributed by atoms with E-state index in [1.165, 1.54) is 0 Å². The Balaban J connectivity index is 1.35. The molecule has 0 bridgehead atoms. The third kappa shape index (κ3) is 6.52. The van der Waals surface area contributed by atoms with E-state index in [9.17, 15) is 0 Å². The molecule has 0 radical (unpaired) electrons. The number of aliphatic imine (C=N–C) groups is 3. The highest BCUT2D eigenvalue weighted by molar-refractivity contribution is 8.16. The molecule has 0 aliphatic carbocycles. The van der Waals surface area contributed by atoms with Crippen LogP contribution in [-0.2, 0) is 0 Å². The van der Waals surface area contributed by atoms with Crippen molar-refractivity contribution in [2.24, 2.45) is 15.0 Å². The molecule has 0 fully saturated rings. The number of hydrogen-bond acceptors (Lipinski definition) is 9. The summed E-state index contributed by atoms with van der Waals surface area (Å²) < 4.78 is -0.0413. The van der Waals surface area contributed by atoms with E-state index >= 15 is 0 Å². The van der Waals surface area contributed by atoms with Crippen molar-refractivity contribution in [2.75, 3.05) is 0 Å². The van der Waals surface area contributed by atoms with Gasteiger partial charge in [0.15, 0.2) is 0 Å². The van der Waals surface area contributed by atoms with Crippen LogP contribution in [0.25, 0.3) is 33.4 Å². The van der Waals surface area contributed by atoms with Gasteiger partial charge in [0.1, 0.15) is 15.1 Å². The number of rotatable bonds is 6. The van der Waals surface area contributed by atoms with Crippen LogP contribution in [0, 0.1) is 0 Å². The van der Waals surface area contributed by atoms with Gasteiger partial charge in [0.05, 0.1) is 16.6 Å². The van der Waals surface area contributed by atoms with Crippen LogP contribution < -0.4 is 0 Å². The number of pyridine rings is 3. The van der Waals surface area contributed by atoms with E-state index in [1.54, 1.807) is 0 Å². The highest BCUT2D eigenvalue weighted by Gasteiger charge is 2.46. The van der Waals surface area contributed by atoms with Gasteiger partial charge in [-0.1, -0.05) is 35.3 Å². The smallest absolute Gasteiger partial charge is 0.101 e. The molecule has 3 aliphatic rings. The summed E-state index contributed by atoms with van der Waals surface area (Å²) in [5.74, 6) is 0. The summed E-state index contributed by atoms with van der Waals surface area (Å²) >= 11 is 5.48. The van der Waals surface area contributed by atoms with E-state index in [-0.39, 0.29) is 30.9 Å². The van der Waals surface area contributed by atoms with Crippen LogP contribution in [0.4, 0.5) is 0 Å². The minimum absolute atomic E-state index is 0.0138. The highest BCUT2D eigenvalue weighted by Crippen LogP contribution is 2.49. The fourth-order valence-corrected chi connectivity index (χ4v) is 9.82. The summed E-state index contributed by atoms with van der Waals surface area (Å²) in [6.07, 6.45) is 11.7. The van der Waals surface area contributed by atoms with Gasteiger partial charge in [-0.25, -0.2) is 0 Å². The molecule has 264 valence electrons. The van der Waals surface area contributed by atoms with Crippen molar-refractivity contribution in [3.63, 3.8) is 0 Å². The number of aromatic nitrogens is 3. The Morgan fingerprint density at radius 1 is 0.314 bits per heavy atom. The fraction of sp³-hybridized carbons (Fsp3) is 0.429. The van der Waals surface area contributed by atoms with Crippen molar-refractivity contribution in [2.45, 2.75) is 114 Å². The summed E-state index contributed by atoms with van der Waals surface area (Å²) in [6.45, 7) is 26.8. The van der Waals surface area contributed by atoms with Gasteiger partial charge in [0.2, 0.25) is 0 Å². The molecule has 3 aliphatic heterocycles. The summed E-state index contributed by atoms with van der Waals surface area (Å²) in [4.78, 5) is 29.6. The zero-order valence-electron chi connectivity index (χ0n) is 31.8. The number of hydrogen-bond donors (Lipinski definition) is 0. The summed E-state index contributed by atoms with van der Waals surface area (Å²) in [6, 6.07) is 13.4. The van der Waals surface area contributed by atoms with Gasteiger partial charge in [-0.2, -0.15) is 0 Å². The first-order valence-electron chi connectivity index (χ1n) is 17.6. The SMILES string of the molecule is CC1(C)N=C(c2cncc(-c3cc(-c4cncc(C5=NC(C)(C)C(C)(C)S5)c4)cc(-c4cncc(C5=NC(C)(C)C(C)(C)S5)c4)c3)c2)SC1(C)C. The van der Waals surface area contributed by atoms with Crippen LogP contribution in [0.1, 0.15) is 99.8 Å². The molecular weight excluding hydrogens is 685 g/mol. The van der Waals surface area contributed by atoms with E-state index in [0.29, 0.717) is 0 Å². The maximum atomic E-state index is 5.14. The predicted molar refractivity (Wildman–Crippen MR) is 223 cm³/mol. The van der Waals surface area contributed by atoms with Crippen molar-refractivity contribution in [3.05, 3.63) is 90.3 Å². The fourth-order valence-electron chi connectivity index (χ4n) is 5.98. The molecule has 0 unspecified atom stereocenters. The van der Waals surface area contributed by atoms with Gasteiger partial charge < -0.3 is 0 Å².